The Balaban J connectivity index is 2.64. The van der Waals surface area contributed by atoms with Crippen molar-refractivity contribution in [1.29, 1.82) is 0 Å². The molecule has 1 aliphatic heterocycles. The Morgan fingerprint density at radius 1 is 1.09 bits per heavy atom. The van der Waals surface area contributed by atoms with Gasteiger partial charge in [-0.2, -0.15) is 26.3 Å². The van der Waals surface area contributed by atoms with Gasteiger partial charge in [0, 0.05) is 26.2 Å². The molecule has 1 saturated heterocycles. The molecule has 0 saturated carbocycles. The summed E-state index contributed by atoms with van der Waals surface area (Å²) in [4.78, 5) is 12.7. The first-order valence-corrected chi connectivity index (χ1v) is 6.44. The van der Waals surface area contributed by atoms with Crippen molar-refractivity contribution in [2.24, 2.45) is 0 Å². The van der Waals surface area contributed by atoms with E-state index >= 15 is 0 Å². The van der Waals surface area contributed by atoms with E-state index in [1.165, 1.54) is 5.32 Å². The molecule has 1 rings (SSSR count). The zero-order valence-corrected chi connectivity index (χ0v) is 11.6. The number of hydrogen-bond donors (Lipinski definition) is 1. The van der Waals surface area contributed by atoms with E-state index in [-0.39, 0.29) is 6.54 Å². The minimum absolute atomic E-state index is 0.0119. The summed E-state index contributed by atoms with van der Waals surface area (Å²) in [6, 6.07) is 0. The predicted molar refractivity (Wildman–Crippen MR) is 61.1 cm³/mol. The molecule has 0 aliphatic carbocycles. The van der Waals surface area contributed by atoms with E-state index in [0.29, 0.717) is 26.3 Å². The van der Waals surface area contributed by atoms with Gasteiger partial charge in [0.2, 0.25) is 0 Å². The molecule has 1 amide bonds. The highest BCUT2D eigenvalue weighted by Gasteiger charge is 2.78. The predicted octanol–water partition coefficient (Wildman–Crippen LogP) is 1.61. The summed E-state index contributed by atoms with van der Waals surface area (Å²) in [5.41, 5.74) is 0. The van der Waals surface area contributed by atoms with Crippen molar-refractivity contribution in [3.8, 4) is 0 Å². The van der Waals surface area contributed by atoms with Gasteiger partial charge in [-0.25, -0.2) is 8.78 Å². The number of halogens is 8. The van der Waals surface area contributed by atoms with Crippen LogP contribution in [0.2, 0.25) is 0 Å². The molecule has 0 bridgehead atoms. The van der Waals surface area contributed by atoms with Crippen LogP contribution in [0.5, 0.6) is 0 Å². The highest BCUT2D eigenvalue weighted by atomic mass is 19.4. The number of nitrogens with one attached hydrogen (secondary N) is 1. The third-order valence-electron chi connectivity index (χ3n) is 3.19. The first-order chi connectivity index (χ1) is 10.4. The lowest BCUT2D eigenvalue weighted by Crippen LogP contribution is -2.63. The number of rotatable bonds is 7. The SMILES string of the molecule is O=C(NCCN1CCOCC1)C(F)(F)C(F)(F)C(F)(F)C(F)F. The molecular weight excluding hydrogens is 344 g/mol. The van der Waals surface area contributed by atoms with Crippen molar-refractivity contribution >= 4 is 5.91 Å². The molecule has 12 heteroatoms. The lowest BCUT2D eigenvalue weighted by molar-refractivity contribution is -0.327. The topological polar surface area (TPSA) is 41.6 Å². The maximum Gasteiger partial charge on any atom is 0.392 e. The zero-order chi connectivity index (χ0) is 17.9. The summed E-state index contributed by atoms with van der Waals surface area (Å²) in [6.07, 6.45) is -5.05. The standard InChI is InChI=1S/C11H14F8N2O2/c12-7(13)9(14,15)11(18,19)10(16,17)8(22)20-1-2-21-3-5-23-6-4-21/h7H,1-6H2,(H,20,22). The summed E-state index contributed by atoms with van der Waals surface area (Å²) < 4.78 is 106. The van der Waals surface area contributed by atoms with Gasteiger partial charge in [-0.3, -0.25) is 9.69 Å². The van der Waals surface area contributed by atoms with E-state index in [1.54, 1.807) is 4.90 Å². The minimum atomic E-state index is -6.53. The Hall–Kier alpha value is -1.17. The van der Waals surface area contributed by atoms with Crippen molar-refractivity contribution in [2.75, 3.05) is 39.4 Å². The van der Waals surface area contributed by atoms with Gasteiger partial charge in [0.15, 0.2) is 0 Å². The molecule has 1 fully saturated rings. The lowest BCUT2D eigenvalue weighted by Gasteiger charge is -2.31. The Bertz CT molecular complexity index is 413. The Morgan fingerprint density at radius 3 is 2.09 bits per heavy atom. The van der Waals surface area contributed by atoms with Crippen LogP contribution in [0.15, 0.2) is 0 Å². The summed E-state index contributed by atoms with van der Waals surface area (Å²) >= 11 is 0. The van der Waals surface area contributed by atoms with Crippen LogP contribution in [-0.4, -0.2) is 74.4 Å². The second kappa shape index (κ2) is 7.16. The molecule has 1 aliphatic rings. The molecular formula is C11H14F8N2O2. The average molecular weight is 358 g/mol. The van der Waals surface area contributed by atoms with Gasteiger partial charge in [0.05, 0.1) is 13.2 Å². The van der Waals surface area contributed by atoms with Crippen molar-refractivity contribution in [1.82, 2.24) is 10.2 Å². The van der Waals surface area contributed by atoms with Crippen LogP contribution >= 0.6 is 0 Å². The summed E-state index contributed by atoms with van der Waals surface area (Å²) in [6.45, 7) is 0.968. The molecule has 4 nitrogen and oxygen atoms in total. The zero-order valence-electron chi connectivity index (χ0n) is 11.6. The van der Waals surface area contributed by atoms with Crippen molar-refractivity contribution in [3.05, 3.63) is 0 Å². The largest absolute Gasteiger partial charge is 0.392 e. The molecule has 0 spiro atoms. The number of ether oxygens (including phenoxy) is 1. The molecule has 0 atom stereocenters. The van der Waals surface area contributed by atoms with Gasteiger partial charge < -0.3 is 10.1 Å². The summed E-state index contributed by atoms with van der Waals surface area (Å²) in [7, 11) is 0. The quantitative estimate of drug-likeness (QED) is 0.703. The lowest BCUT2D eigenvalue weighted by atomic mass is 10.0. The number of alkyl halides is 8. The summed E-state index contributed by atoms with van der Waals surface area (Å²) in [5.74, 6) is -21.6. The van der Waals surface area contributed by atoms with Crippen molar-refractivity contribution < 1.29 is 44.7 Å². The van der Waals surface area contributed by atoms with Crippen LogP contribution in [-0.2, 0) is 9.53 Å². The molecule has 23 heavy (non-hydrogen) atoms. The number of nitrogens with zero attached hydrogens (tertiary/aromatic N) is 1. The van der Waals surface area contributed by atoms with Gasteiger partial charge >= 0.3 is 24.2 Å². The maximum atomic E-state index is 13.2. The van der Waals surface area contributed by atoms with Crippen LogP contribution in [0, 0.1) is 0 Å². The summed E-state index contributed by atoms with van der Waals surface area (Å²) in [5, 5.41) is 1.36. The second-order valence-electron chi connectivity index (χ2n) is 4.78. The van der Waals surface area contributed by atoms with Crippen LogP contribution in [0.1, 0.15) is 0 Å². The average Bonchev–Trinajstić information content (AvgIpc) is 2.47. The first-order valence-electron chi connectivity index (χ1n) is 6.44. The highest BCUT2D eigenvalue weighted by Crippen LogP contribution is 2.48. The van der Waals surface area contributed by atoms with Gasteiger partial charge in [-0.05, 0) is 0 Å². The molecule has 1 heterocycles. The highest BCUT2D eigenvalue weighted by molar-refractivity contribution is 5.84. The van der Waals surface area contributed by atoms with Gasteiger partial charge in [0.25, 0.3) is 5.91 Å². The van der Waals surface area contributed by atoms with Crippen LogP contribution in [0.3, 0.4) is 0 Å². The van der Waals surface area contributed by atoms with Crippen LogP contribution in [0.4, 0.5) is 35.1 Å². The Labute approximate surface area is 125 Å². The van der Waals surface area contributed by atoms with E-state index < -0.39 is 36.6 Å². The number of carbonyl (C=O) groups excluding carboxylic acids is 1. The van der Waals surface area contributed by atoms with E-state index in [4.69, 9.17) is 4.74 Å². The molecule has 0 unspecified atom stereocenters. The minimum Gasteiger partial charge on any atom is -0.379 e. The Morgan fingerprint density at radius 2 is 1.61 bits per heavy atom. The normalized spacial score (nSPS) is 18.3. The molecule has 1 N–H and O–H groups in total. The van der Waals surface area contributed by atoms with Crippen molar-refractivity contribution in [2.45, 2.75) is 24.2 Å². The first kappa shape index (κ1) is 19.9. The Kier molecular flexibility index (Phi) is 6.18. The maximum absolute atomic E-state index is 13.2. The van der Waals surface area contributed by atoms with Gasteiger partial charge in [-0.1, -0.05) is 0 Å². The molecule has 0 radical (unpaired) electrons. The monoisotopic (exact) mass is 358 g/mol. The van der Waals surface area contributed by atoms with Gasteiger partial charge in [0.1, 0.15) is 0 Å². The fourth-order valence-electron chi connectivity index (χ4n) is 1.75. The molecule has 0 aromatic rings. The molecule has 136 valence electrons. The van der Waals surface area contributed by atoms with Crippen LogP contribution < -0.4 is 5.32 Å². The van der Waals surface area contributed by atoms with Crippen LogP contribution in [0.25, 0.3) is 0 Å². The second-order valence-corrected chi connectivity index (χ2v) is 4.78. The number of morpholine rings is 1. The number of amides is 1. The number of carbonyl (C=O) groups is 1. The third-order valence-corrected chi connectivity index (χ3v) is 3.19. The van der Waals surface area contributed by atoms with E-state index in [1.807, 2.05) is 0 Å². The van der Waals surface area contributed by atoms with Crippen molar-refractivity contribution in [3.63, 3.8) is 0 Å². The van der Waals surface area contributed by atoms with E-state index in [9.17, 15) is 39.9 Å². The van der Waals surface area contributed by atoms with E-state index in [2.05, 4.69) is 0 Å². The smallest absolute Gasteiger partial charge is 0.379 e. The third kappa shape index (κ3) is 4.03. The van der Waals surface area contributed by atoms with E-state index in [0.717, 1.165) is 0 Å². The fraction of sp³-hybridized carbons (Fsp3) is 0.909. The number of hydrogen-bond acceptors (Lipinski definition) is 3. The fourth-order valence-corrected chi connectivity index (χ4v) is 1.75. The molecule has 0 aromatic carbocycles. The molecule has 0 aromatic heterocycles. The van der Waals surface area contributed by atoms with Gasteiger partial charge in [-0.15, -0.1) is 0 Å².